The second kappa shape index (κ2) is 5.22. The predicted molar refractivity (Wildman–Crippen MR) is 73.4 cm³/mol. The number of hydrogen-bond acceptors (Lipinski definition) is 0. The minimum absolute atomic E-state index is 0.597. The van der Waals surface area contributed by atoms with Crippen molar-refractivity contribution in [3.8, 4) is 0 Å². The van der Waals surface area contributed by atoms with Crippen LogP contribution in [0.2, 0.25) is 0 Å². The van der Waals surface area contributed by atoms with Crippen LogP contribution in [0.5, 0.6) is 0 Å². The van der Waals surface area contributed by atoms with Crippen molar-refractivity contribution >= 4 is 0 Å². The summed E-state index contributed by atoms with van der Waals surface area (Å²) in [6.07, 6.45) is 1.11. The smallest absolute Gasteiger partial charge is 0.0265 e. The third kappa shape index (κ3) is 2.79. The van der Waals surface area contributed by atoms with E-state index >= 15 is 0 Å². The van der Waals surface area contributed by atoms with Crippen molar-refractivity contribution in [2.24, 2.45) is 0 Å². The summed E-state index contributed by atoms with van der Waals surface area (Å²) in [7, 11) is 0. The van der Waals surface area contributed by atoms with Gasteiger partial charge >= 0.3 is 0 Å². The molecule has 0 radical (unpaired) electrons. The molecule has 0 aliphatic rings. The minimum atomic E-state index is 0.597. The van der Waals surface area contributed by atoms with Gasteiger partial charge in [0, 0.05) is 17.9 Å². The molecular formula is C16H21N. The Balaban J connectivity index is 2.11. The summed E-state index contributed by atoms with van der Waals surface area (Å²) in [6.45, 7) is 7.79. The first-order valence-corrected chi connectivity index (χ1v) is 6.38. The fourth-order valence-electron chi connectivity index (χ4n) is 2.28. The average Bonchev–Trinajstić information content (AvgIpc) is 2.69. The molecule has 0 unspecified atom stereocenters. The van der Waals surface area contributed by atoms with Crippen LogP contribution in [0.1, 0.15) is 36.7 Å². The van der Waals surface area contributed by atoms with E-state index in [0.717, 1.165) is 13.0 Å². The maximum Gasteiger partial charge on any atom is 0.0265 e. The highest BCUT2D eigenvalue weighted by atomic mass is 15.0. The van der Waals surface area contributed by atoms with Crippen LogP contribution in [-0.2, 0) is 13.0 Å². The van der Waals surface area contributed by atoms with E-state index in [2.05, 4.69) is 67.8 Å². The largest absolute Gasteiger partial charge is 0.348 e. The lowest BCUT2D eigenvalue weighted by Crippen LogP contribution is -2.08. The van der Waals surface area contributed by atoms with Crippen molar-refractivity contribution in [3.63, 3.8) is 0 Å². The molecule has 0 aliphatic heterocycles. The maximum absolute atomic E-state index is 2.44. The predicted octanol–water partition coefficient (Wildman–Crippen LogP) is 4.16. The van der Waals surface area contributed by atoms with Gasteiger partial charge in [0.15, 0.2) is 0 Å². The van der Waals surface area contributed by atoms with Crippen LogP contribution in [0.25, 0.3) is 0 Å². The molecule has 1 heterocycles. The third-order valence-electron chi connectivity index (χ3n) is 3.29. The molecule has 1 heteroatoms. The van der Waals surface area contributed by atoms with Gasteiger partial charge in [0.25, 0.3) is 0 Å². The second-order valence-electron chi connectivity index (χ2n) is 4.94. The Labute approximate surface area is 104 Å². The van der Waals surface area contributed by atoms with E-state index in [1.807, 2.05) is 0 Å². The van der Waals surface area contributed by atoms with E-state index in [4.69, 9.17) is 0 Å². The van der Waals surface area contributed by atoms with Gasteiger partial charge in [-0.25, -0.2) is 0 Å². The highest BCUT2D eigenvalue weighted by Gasteiger charge is 2.08. The van der Waals surface area contributed by atoms with Gasteiger partial charge in [-0.1, -0.05) is 44.2 Å². The Morgan fingerprint density at radius 3 is 2.35 bits per heavy atom. The van der Waals surface area contributed by atoms with Crippen molar-refractivity contribution in [1.82, 2.24) is 4.57 Å². The van der Waals surface area contributed by atoms with Crippen molar-refractivity contribution in [2.45, 2.75) is 39.7 Å². The molecule has 2 aromatic rings. The molecule has 17 heavy (non-hydrogen) atoms. The van der Waals surface area contributed by atoms with Gasteiger partial charge in [-0.2, -0.15) is 0 Å². The highest BCUT2D eigenvalue weighted by molar-refractivity contribution is 5.19. The van der Waals surface area contributed by atoms with Gasteiger partial charge in [-0.15, -0.1) is 0 Å². The van der Waals surface area contributed by atoms with E-state index in [1.165, 1.54) is 17.0 Å². The number of benzene rings is 1. The number of nitrogens with zero attached hydrogens (tertiary/aromatic N) is 1. The van der Waals surface area contributed by atoms with Gasteiger partial charge in [0.05, 0.1) is 0 Å². The summed E-state index contributed by atoms with van der Waals surface area (Å²) in [5.74, 6) is 0.597. The number of aryl methyl sites for hydroxylation is 2. The zero-order chi connectivity index (χ0) is 12.3. The van der Waals surface area contributed by atoms with Crippen molar-refractivity contribution in [2.75, 3.05) is 0 Å². The summed E-state index contributed by atoms with van der Waals surface area (Å²) < 4.78 is 2.44. The zero-order valence-corrected chi connectivity index (χ0v) is 11.0. The summed E-state index contributed by atoms with van der Waals surface area (Å²) in [5, 5.41) is 0. The lowest BCUT2D eigenvalue weighted by atomic mass is 10.1. The maximum atomic E-state index is 2.44. The molecule has 1 nitrogen and oxygen atoms in total. The Kier molecular flexibility index (Phi) is 3.68. The van der Waals surface area contributed by atoms with Gasteiger partial charge < -0.3 is 4.57 Å². The Hall–Kier alpha value is -1.50. The van der Waals surface area contributed by atoms with Crippen LogP contribution < -0.4 is 0 Å². The quantitative estimate of drug-likeness (QED) is 0.739. The van der Waals surface area contributed by atoms with E-state index in [0.29, 0.717) is 5.92 Å². The zero-order valence-electron chi connectivity index (χ0n) is 11.0. The molecule has 0 aliphatic carbocycles. The van der Waals surface area contributed by atoms with Crippen LogP contribution in [0.4, 0.5) is 0 Å². The standard InChI is InChI=1S/C16H21N/c1-13(2)16-10-9-14(3)17(16)12-11-15-7-5-4-6-8-15/h4-10,13H,11-12H2,1-3H3. The lowest BCUT2D eigenvalue weighted by Gasteiger charge is -2.14. The second-order valence-corrected chi connectivity index (χ2v) is 4.94. The lowest BCUT2D eigenvalue weighted by molar-refractivity contribution is 0.621. The van der Waals surface area contributed by atoms with Crippen LogP contribution in [0.3, 0.4) is 0 Å². The van der Waals surface area contributed by atoms with Gasteiger partial charge in [0.2, 0.25) is 0 Å². The molecule has 0 N–H and O–H groups in total. The molecule has 1 aromatic heterocycles. The van der Waals surface area contributed by atoms with Crippen LogP contribution in [0.15, 0.2) is 42.5 Å². The molecule has 1 aromatic carbocycles. The number of hydrogen-bond donors (Lipinski definition) is 0. The average molecular weight is 227 g/mol. The molecule has 90 valence electrons. The molecule has 0 saturated heterocycles. The molecular weight excluding hydrogens is 206 g/mol. The Bertz CT molecular complexity index is 466. The first kappa shape index (κ1) is 12.0. The van der Waals surface area contributed by atoms with Crippen LogP contribution in [0, 0.1) is 6.92 Å². The van der Waals surface area contributed by atoms with Gasteiger partial charge in [0.1, 0.15) is 0 Å². The van der Waals surface area contributed by atoms with Crippen molar-refractivity contribution in [3.05, 3.63) is 59.4 Å². The molecule has 0 bridgehead atoms. The molecule has 0 atom stereocenters. The minimum Gasteiger partial charge on any atom is -0.348 e. The van der Waals surface area contributed by atoms with Gasteiger partial charge in [-0.05, 0) is 37.0 Å². The molecule has 0 fully saturated rings. The van der Waals surface area contributed by atoms with Crippen molar-refractivity contribution in [1.29, 1.82) is 0 Å². The molecule has 0 amide bonds. The first-order valence-electron chi connectivity index (χ1n) is 6.38. The SMILES string of the molecule is Cc1ccc(C(C)C)n1CCc1ccccc1. The van der Waals surface area contributed by atoms with E-state index < -0.39 is 0 Å². The summed E-state index contributed by atoms with van der Waals surface area (Å²) in [5.41, 5.74) is 4.22. The summed E-state index contributed by atoms with van der Waals surface area (Å²) in [6, 6.07) is 15.2. The highest BCUT2D eigenvalue weighted by Crippen LogP contribution is 2.18. The number of rotatable bonds is 4. The monoisotopic (exact) mass is 227 g/mol. The first-order chi connectivity index (χ1) is 8.18. The molecule has 0 saturated carbocycles. The van der Waals surface area contributed by atoms with Crippen molar-refractivity contribution < 1.29 is 0 Å². The van der Waals surface area contributed by atoms with Gasteiger partial charge in [-0.3, -0.25) is 0 Å². The van der Waals surface area contributed by atoms with E-state index in [-0.39, 0.29) is 0 Å². The molecule has 0 spiro atoms. The summed E-state index contributed by atoms with van der Waals surface area (Å²) in [4.78, 5) is 0. The van der Waals surface area contributed by atoms with Crippen LogP contribution in [-0.4, -0.2) is 4.57 Å². The Morgan fingerprint density at radius 1 is 1.00 bits per heavy atom. The fraction of sp³-hybridized carbons (Fsp3) is 0.375. The topological polar surface area (TPSA) is 4.93 Å². The Morgan fingerprint density at radius 2 is 1.71 bits per heavy atom. The third-order valence-corrected chi connectivity index (χ3v) is 3.29. The van der Waals surface area contributed by atoms with E-state index in [9.17, 15) is 0 Å². The van der Waals surface area contributed by atoms with Crippen LogP contribution >= 0.6 is 0 Å². The number of aromatic nitrogens is 1. The normalized spacial score (nSPS) is 11.1. The van der Waals surface area contributed by atoms with E-state index in [1.54, 1.807) is 0 Å². The summed E-state index contributed by atoms with van der Waals surface area (Å²) >= 11 is 0. The fourth-order valence-corrected chi connectivity index (χ4v) is 2.28. The molecule has 2 rings (SSSR count).